The number of methoxy groups -OCH3 is 1. The Kier molecular flexibility index (Phi) is 6.87. The minimum atomic E-state index is 0.465. The molecular weight excluding hydrogens is 360 g/mol. The average molecular weight is 385 g/mol. The molecule has 3 rings (SSSR count). The predicted octanol–water partition coefficient (Wildman–Crippen LogP) is 3.71. The monoisotopic (exact) mass is 384 g/mol. The van der Waals surface area contributed by atoms with Crippen LogP contribution in [0.4, 0.5) is 0 Å². The van der Waals surface area contributed by atoms with Gasteiger partial charge in [-0.05, 0) is 42.5 Å². The molecule has 0 radical (unpaired) electrons. The highest BCUT2D eigenvalue weighted by atomic mass is 32.1. The van der Waals surface area contributed by atoms with Crippen LogP contribution in [0.15, 0.2) is 57.5 Å². The summed E-state index contributed by atoms with van der Waals surface area (Å²) < 4.78 is 10.7. The first kappa shape index (κ1) is 19.0. The van der Waals surface area contributed by atoms with Gasteiger partial charge in [0.2, 0.25) is 5.89 Å². The van der Waals surface area contributed by atoms with Crippen molar-refractivity contribution in [1.29, 1.82) is 0 Å². The van der Waals surface area contributed by atoms with Crippen molar-refractivity contribution in [1.82, 2.24) is 15.6 Å². The first-order valence-corrected chi connectivity index (χ1v) is 9.80. The second kappa shape index (κ2) is 9.78. The van der Waals surface area contributed by atoms with Crippen LogP contribution in [0.1, 0.15) is 18.2 Å². The second-order valence-corrected chi connectivity index (χ2v) is 6.79. The molecule has 0 aliphatic carbocycles. The minimum Gasteiger partial charge on any atom is -0.497 e. The van der Waals surface area contributed by atoms with E-state index < -0.39 is 0 Å². The van der Waals surface area contributed by atoms with Gasteiger partial charge in [0, 0.05) is 13.1 Å². The summed E-state index contributed by atoms with van der Waals surface area (Å²) in [5.41, 5.74) is 2.06. The van der Waals surface area contributed by atoms with Crippen molar-refractivity contribution in [3.63, 3.8) is 0 Å². The Morgan fingerprint density at radius 1 is 1.22 bits per heavy atom. The average Bonchev–Trinajstić information content (AvgIpc) is 3.38. The maximum Gasteiger partial charge on any atom is 0.236 e. The highest BCUT2D eigenvalue weighted by Crippen LogP contribution is 2.23. The Bertz CT molecular complexity index is 841. The van der Waals surface area contributed by atoms with Crippen molar-refractivity contribution < 1.29 is 9.15 Å². The summed E-state index contributed by atoms with van der Waals surface area (Å²) >= 11 is 1.61. The molecule has 0 spiro atoms. The summed E-state index contributed by atoms with van der Waals surface area (Å²) in [5.74, 6) is 2.29. The molecular formula is C20H24N4O2S. The molecule has 27 heavy (non-hydrogen) atoms. The van der Waals surface area contributed by atoms with E-state index >= 15 is 0 Å². The van der Waals surface area contributed by atoms with Crippen LogP contribution in [0, 0.1) is 0 Å². The Morgan fingerprint density at radius 3 is 2.78 bits per heavy atom. The number of hydrogen-bond acceptors (Lipinski definition) is 5. The van der Waals surface area contributed by atoms with E-state index in [0.29, 0.717) is 12.4 Å². The number of aromatic nitrogens is 1. The topological polar surface area (TPSA) is 71.7 Å². The molecule has 0 aliphatic rings. The summed E-state index contributed by atoms with van der Waals surface area (Å²) in [6, 6.07) is 12.1. The third-order valence-electron chi connectivity index (χ3n) is 3.89. The van der Waals surface area contributed by atoms with Crippen LogP contribution in [0.5, 0.6) is 5.75 Å². The molecule has 3 aromatic rings. The lowest BCUT2D eigenvalue weighted by molar-refractivity contribution is 0.414. The number of nitrogens with zero attached hydrogens (tertiary/aromatic N) is 2. The zero-order valence-electron chi connectivity index (χ0n) is 15.6. The van der Waals surface area contributed by atoms with E-state index in [2.05, 4.69) is 32.7 Å². The van der Waals surface area contributed by atoms with E-state index in [-0.39, 0.29) is 0 Å². The molecule has 0 saturated heterocycles. The normalized spacial score (nSPS) is 11.4. The van der Waals surface area contributed by atoms with E-state index in [1.807, 2.05) is 36.6 Å². The van der Waals surface area contributed by atoms with Crippen LogP contribution < -0.4 is 15.4 Å². The van der Waals surface area contributed by atoms with Gasteiger partial charge in [-0.3, -0.25) is 0 Å². The van der Waals surface area contributed by atoms with E-state index in [0.717, 1.165) is 41.8 Å². The number of thiophene rings is 1. The molecule has 7 heteroatoms. The lowest BCUT2D eigenvalue weighted by Crippen LogP contribution is -2.38. The minimum absolute atomic E-state index is 0.465. The molecule has 0 atom stereocenters. The summed E-state index contributed by atoms with van der Waals surface area (Å²) in [5, 5.41) is 8.62. The third-order valence-corrected chi connectivity index (χ3v) is 4.75. The molecule has 2 aromatic heterocycles. The number of ether oxygens (including phenoxy) is 1. The molecule has 0 bridgehead atoms. The first-order chi connectivity index (χ1) is 13.3. The van der Waals surface area contributed by atoms with Crippen LogP contribution in [0.3, 0.4) is 0 Å². The molecule has 6 nitrogen and oxygen atoms in total. The smallest absolute Gasteiger partial charge is 0.236 e. The van der Waals surface area contributed by atoms with Crippen molar-refractivity contribution in [2.24, 2.45) is 4.99 Å². The zero-order chi connectivity index (χ0) is 18.9. The van der Waals surface area contributed by atoms with Crippen LogP contribution in [-0.4, -0.2) is 31.1 Å². The number of hydrogen-bond donors (Lipinski definition) is 2. The van der Waals surface area contributed by atoms with Gasteiger partial charge in [0.25, 0.3) is 0 Å². The van der Waals surface area contributed by atoms with E-state index in [4.69, 9.17) is 9.15 Å². The van der Waals surface area contributed by atoms with Crippen molar-refractivity contribution >= 4 is 17.3 Å². The number of rotatable bonds is 8. The van der Waals surface area contributed by atoms with Crippen LogP contribution in [-0.2, 0) is 13.0 Å². The maximum absolute atomic E-state index is 5.54. The Labute approximate surface area is 163 Å². The van der Waals surface area contributed by atoms with Gasteiger partial charge in [-0.2, -0.15) is 0 Å². The van der Waals surface area contributed by atoms with E-state index in [1.54, 1.807) is 24.7 Å². The molecule has 0 saturated carbocycles. The van der Waals surface area contributed by atoms with Gasteiger partial charge in [-0.1, -0.05) is 18.2 Å². The fraction of sp³-hybridized carbons (Fsp3) is 0.300. The molecule has 0 amide bonds. The summed E-state index contributed by atoms with van der Waals surface area (Å²) in [6.07, 6.45) is 2.57. The van der Waals surface area contributed by atoms with Crippen LogP contribution >= 0.6 is 11.3 Å². The molecule has 0 fully saturated rings. The lowest BCUT2D eigenvalue weighted by atomic mass is 10.1. The van der Waals surface area contributed by atoms with Gasteiger partial charge in [-0.15, -0.1) is 11.3 Å². The molecule has 1 aromatic carbocycles. The molecule has 0 unspecified atom stereocenters. The number of aliphatic imine (C=N–C) groups is 1. The number of guanidine groups is 1. The largest absolute Gasteiger partial charge is 0.497 e. The van der Waals surface area contributed by atoms with Crippen LogP contribution in [0.25, 0.3) is 10.8 Å². The molecule has 0 aliphatic heterocycles. The highest BCUT2D eigenvalue weighted by molar-refractivity contribution is 7.13. The van der Waals surface area contributed by atoms with Gasteiger partial charge in [0.15, 0.2) is 5.96 Å². The standard InChI is InChI=1S/C20H24N4O2S/c1-3-21-20(22-11-10-15-6-8-17(25-2)9-7-15)23-13-16-14-26-19(24-16)18-5-4-12-27-18/h4-9,12,14H,3,10-11,13H2,1-2H3,(H2,21,22,23). The molecule has 2 N–H and O–H groups in total. The summed E-state index contributed by atoms with van der Waals surface area (Å²) in [7, 11) is 1.67. The van der Waals surface area contributed by atoms with E-state index in [1.165, 1.54) is 5.56 Å². The van der Waals surface area contributed by atoms with Crippen molar-refractivity contribution in [3.8, 4) is 16.5 Å². The highest BCUT2D eigenvalue weighted by Gasteiger charge is 2.07. The summed E-state index contributed by atoms with van der Waals surface area (Å²) in [6.45, 7) is 4.10. The van der Waals surface area contributed by atoms with Crippen molar-refractivity contribution in [2.45, 2.75) is 19.9 Å². The van der Waals surface area contributed by atoms with Gasteiger partial charge in [-0.25, -0.2) is 9.98 Å². The Balaban J connectivity index is 1.53. The Morgan fingerprint density at radius 2 is 2.07 bits per heavy atom. The van der Waals surface area contributed by atoms with Gasteiger partial charge in [0.05, 0.1) is 18.5 Å². The number of oxazole rings is 1. The SMILES string of the molecule is CCNC(=NCc1coc(-c2cccs2)n1)NCCc1ccc(OC)cc1. The Hall–Kier alpha value is -2.80. The van der Waals surface area contributed by atoms with Crippen molar-refractivity contribution in [2.75, 3.05) is 20.2 Å². The lowest BCUT2D eigenvalue weighted by Gasteiger charge is -2.11. The second-order valence-electron chi connectivity index (χ2n) is 5.84. The van der Waals surface area contributed by atoms with Gasteiger partial charge >= 0.3 is 0 Å². The quantitative estimate of drug-likeness (QED) is 0.458. The summed E-state index contributed by atoms with van der Waals surface area (Å²) in [4.78, 5) is 10.1. The van der Waals surface area contributed by atoms with Gasteiger partial charge in [0.1, 0.15) is 17.7 Å². The fourth-order valence-corrected chi connectivity index (χ4v) is 3.17. The first-order valence-electron chi connectivity index (χ1n) is 8.92. The molecule has 2 heterocycles. The fourth-order valence-electron chi connectivity index (χ4n) is 2.51. The van der Waals surface area contributed by atoms with Crippen molar-refractivity contribution in [3.05, 3.63) is 59.3 Å². The number of nitrogens with one attached hydrogen (secondary N) is 2. The van der Waals surface area contributed by atoms with Crippen LogP contribution in [0.2, 0.25) is 0 Å². The number of benzene rings is 1. The van der Waals surface area contributed by atoms with Gasteiger partial charge < -0.3 is 19.8 Å². The predicted molar refractivity (Wildman–Crippen MR) is 109 cm³/mol. The zero-order valence-corrected chi connectivity index (χ0v) is 16.4. The third kappa shape index (κ3) is 5.59. The maximum atomic E-state index is 5.54. The van der Waals surface area contributed by atoms with E-state index in [9.17, 15) is 0 Å². The molecule has 142 valence electrons.